The van der Waals surface area contributed by atoms with Crippen LogP contribution in [0.3, 0.4) is 0 Å². The Morgan fingerprint density at radius 1 is 1.17 bits per heavy atom. The molecule has 122 valence electrons. The fraction of sp³-hybridized carbons (Fsp3) is 0.278. The summed E-state index contributed by atoms with van der Waals surface area (Å²) in [5, 5.41) is 2.96. The van der Waals surface area contributed by atoms with Crippen molar-refractivity contribution in [3.05, 3.63) is 65.2 Å². The second kappa shape index (κ2) is 7.88. The lowest BCUT2D eigenvalue weighted by atomic mass is 9.87. The number of nitrogens with two attached hydrogens (primary N) is 1. The van der Waals surface area contributed by atoms with E-state index in [1.165, 1.54) is 0 Å². The standard InChI is InChI=1S/C18H20N2O2.ClH/c19-16-10-4-9-15-14(16)8-5-11-17(15)20-18(21)22-12-13-6-2-1-3-7-13;/h1-4,6-7,9-10,17H,5,8,11-12,19H2,(H,20,21);1H/t17-;/m1./s1. The van der Waals surface area contributed by atoms with Gasteiger partial charge in [0, 0.05) is 5.69 Å². The number of carbonyl (C=O) groups is 1. The molecule has 0 saturated carbocycles. The van der Waals surface area contributed by atoms with Gasteiger partial charge < -0.3 is 15.8 Å². The summed E-state index contributed by atoms with van der Waals surface area (Å²) in [5.41, 5.74) is 10.1. The van der Waals surface area contributed by atoms with E-state index in [4.69, 9.17) is 10.5 Å². The number of ether oxygens (including phenoxy) is 1. The van der Waals surface area contributed by atoms with Gasteiger partial charge in [0.2, 0.25) is 0 Å². The Hall–Kier alpha value is -2.20. The van der Waals surface area contributed by atoms with Crippen molar-refractivity contribution in [2.45, 2.75) is 31.9 Å². The fourth-order valence-corrected chi connectivity index (χ4v) is 2.93. The lowest BCUT2D eigenvalue weighted by molar-refractivity contribution is 0.134. The first kappa shape index (κ1) is 17.2. The summed E-state index contributed by atoms with van der Waals surface area (Å²) in [4.78, 5) is 12.0. The average molecular weight is 333 g/mol. The van der Waals surface area contributed by atoms with Crippen molar-refractivity contribution in [1.82, 2.24) is 5.32 Å². The summed E-state index contributed by atoms with van der Waals surface area (Å²) in [6.07, 6.45) is 2.52. The Bertz CT molecular complexity index is 661. The zero-order chi connectivity index (χ0) is 15.4. The third kappa shape index (κ3) is 4.17. The molecule has 3 N–H and O–H groups in total. The third-order valence-electron chi connectivity index (χ3n) is 4.05. The highest BCUT2D eigenvalue weighted by Crippen LogP contribution is 2.32. The third-order valence-corrected chi connectivity index (χ3v) is 4.05. The van der Waals surface area contributed by atoms with Crippen LogP contribution >= 0.6 is 12.4 Å². The maximum atomic E-state index is 12.0. The van der Waals surface area contributed by atoms with Gasteiger partial charge in [0.25, 0.3) is 0 Å². The topological polar surface area (TPSA) is 64.3 Å². The van der Waals surface area contributed by atoms with Crippen LogP contribution in [0.15, 0.2) is 48.5 Å². The minimum absolute atomic E-state index is 0. The number of anilines is 1. The van der Waals surface area contributed by atoms with Crippen LogP contribution in [0, 0.1) is 0 Å². The first-order valence-electron chi connectivity index (χ1n) is 7.58. The molecule has 2 aromatic rings. The predicted molar refractivity (Wildman–Crippen MR) is 93.5 cm³/mol. The molecule has 23 heavy (non-hydrogen) atoms. The predicted octanol–water partition coefficient (Wildman–Crippen LogP) is 3.99. The van der Waals surface area contributed by atoms with Gasteiger partial charge in [-0.15, -0.1) is 12.4 Å². The van der Waals surface area contributed by atoms with Gasteiger partial charge in [0.1, 0.15) is 6.61 Å². The van der Waals surface area contributed by atoms with E-state index < -0.39 is 0 Å². The van der Waals surface area contributed by atoms with E-state index in [2.05, 4.69) is 5.32 Å². The molecule has 0 heterocycles. The summed E-state index contributed by atoms with van der Waals surface area (Å²) in [7, 11) is 0. The molecule has 4 nitrogen and oxygen atoms in total. The van der Waals surface area contributed by atoms with E-state index in [1.54, 1.807) is 0 Å². The minimum atomic E-state index is -0.385. The van der Waals surface area contributed by atoms with Crippen LogP contribution in [-0.2, 0) is 17.8 Å². The van der Waals surface area contributed by atoms with Gasteiger partial charge in [0.15, 0.2) is 0 Å². The second-order valence-corrected chi connectivity index (χ2v) is 5.57. The largest absolute Gasteiger partial charge is 0.445 e. The lowest BCUT2D eigenvalue weighted by Gasteiger charge is -2.27. The van der Waals surface area contributed by atoms with Crippen LogP contribution in [0.4, 0.5) is 10.5 Å². The number of hydrogen-bond acceptors (Lipinski definition) is 3. The summed E-state index contributed by atoms with van der Waals surface area (Å²) < 4.78 is 5.29. The monoisotopic (exact) mass is 332 g/mol. The van der Waals surface area contributed by atoms with Crippen molar-refractivity contribution in [3.8, 4) is 0 Å². The van der Waals surface area contributed by atoms with Crippen molar-refractivity contribution in [2.75, 3.05) is 5.73 Å². The number of nitrogens with one attached hydrogen (secondary N) is 1. The Kier molecular flexibility index (Phi) is 5.88. The Morgan fingerprint density at radius 3 is 2.74 bits per heavy atom. The van der Waals surface area contributed by atoms with Crippen molar-refractivity contribution >= 4 is 24.2 Å². The number of amides is 1. The maximum absolute atomic E-state index is 12.0. The number of hydrogen-bond donors (Lipinski definition) is 2. The minimum Gasteiger partial charge on any atom is -0.445 e. The van der Waals surface area contributed by atoms with Crippen LogP contribution in [0.5, 0.6) is 0 Å². The van der Waals surface area contributed by atoms with Crippen molar-refractivity contribution < 1.29 is 9.53 Å². The van der Waals surface area contributed by atoms with Gasteiger partial charge in [-0.2, -0.15) is 0 Å². The zero-order valence-electron chi connectivity index (χ0n) is 12.8. The summed E-state index contributed by atoms with van der Waals surface area (Å²) >= 11 is 0. The van der Waals surface area contributed by atoms with E-state index >= 15 is 0 Å². The fourth-order valence-electron chi connectivity index (χ4n) is 2.93. The molecular formula is C18H21ClN2O2. The van der Waals surface area contributed by atoms with Gasteiger partial charge in [-0.25, -0.2) is 4.79 Å². The first-order chi connectivity index (χ1) is 10.7. The molecule has 0 fully saturated rings. The number of rotatable bonds is 3. The molecular weight excluding hydrogens is 312 g/mol. The number of fused-ring (bicyclic) bond motifs is 1. The SMILES string of the molecule is Cl.Nc1cccc2c1CCC[C@H]2NC(=O)OCc1ccccc1. The second-order valence-electron chi connectivity index (χ2n) is 5.57. The number of alkyl carbamates (subject to hydrolysis) is 1. The Labute approximate surface area is 142 Å². The van der Waals surface area contributed by atoms with Crippen molar-refractivity contribution in [2.24, 2.45) is 0 Å². The van der Waals surface area contributed by atoms with Crippen LogP contribution < -0.4 is 11.1 Å². The lowest BCUT2D eigenvalue weighted by Crippen LogP contribution is -2.31. The molecule has 0 bridgehead atoms. The van der Waals surface area contributed by atoms with E-state index in [0.717, 1.165) is 41.6 Å². The maximum Gasteiger partial charge on any atom is 0.407 e. The quantitative estimate of drug-likeness (QED) is 0.835. The van der Waals surface area contributed by atoms with E-state index in [-0.39, 0.29) is 31.1 Å². The summed E-state index contributed by atoms with van der Waals surface area (Å²) in [6, 6.07) is 15.5. The Morgan fingerprint density at radius 2 is 1.96 bits per heavy atom. The molecule has 5 heteroatoms. The van der Waals surface area contributed by atoms with E-state index in [9.17, 15) is 4.79 Å². The molecule has 1 amide bonds. The van der Waals surface area contributed by atoms with Crippen LogP contribution in [0.1, 0.15) is 35.6 Å². The zero-order valence-corrected chi connectivity index (χ0v) is 13.6. The van der Waals surface area contributed by atoms with E-state index in [1.807, 2.05) is 48.5 Å². The van der Waals surface area contributed by atoms with Crippen molar-refractivity contribution in [1.29, 1.82) is 0 Å². The van der Waals surface area contributed by atoms with Gasteiger partial charge in [-0.3, -0.25) is 0 Å². The first-order valence-corrected chi connectivity index (χ1v) is 7.58. The highest BCUT2D eigenvalue weighted by molar-refractivity contribution is 5.85. The van der Waals surface area contributed by atoms with Gasteiger partial charge in [-0.1, -0.05) is 42.5 Å². The summed E-state index contributed by atoms with van der Waals surface area (Å²) in [5.74, 6) is 0. The molecule has 0 unspecified atom stereocenters. The number of halogens is 1. The smallest absolute Gasteiger partial charge is 0.407 e. The van der Waals surface area contributed by atoms with Gasteiger partial charge >= 0.3 is 6.09 Å². The summed E-state index contributed by atoms with van der Waals surface area (Å²) in [6.45, 7) is 0.281. The average Bonchev–Trinajstić information content (AvgIpc) is 2.55. The van der Waals surface area contributed by atoms with Gasteiger partial charge in [-0.05, 0) is 42.0 Å². The molecule has 2 aromatic carbocycles. The molecule has 0 saturated heterocycles. The van der Waals surface area contributed by atoms with Crippen LogP contribution in [0.2, 0.25) is 0 Å². The molecule has 1 aliphatic rings. The Balaban J connectivity index is 0.00000192. The molecule has 0 aromatic heterocycles. The molecule has 3 rings (SSSR count). The molecule has 1 atom stereocenters. The molecule has 1 aliphatic carbocycles. The number of benzene rings is 2. The normalized spacial score (nSPS) is 15.9. The number of nitrogen functional groups attached to an aromatic ring is 1. The van der Waals surface area contributed by atoms with Gasteiger partial charge in [0.05, 0.1) is 6.04 Å². The van der Waals surface area contributed by atoms with Crippen LogP contribution in [0.25, 0.3) is 0 Å². The van der Waals surface area contributed by atoms with Crippen LogP contribution in [-0.4, -0.2) is 6.09 Å². The van der Waals surface area contributed by atoms with E-state index in [0.29, 0.717) is 0 Å². The molecule has 0 radical (unpaired) electrons. The molecule has 0 aliphatic heterocycles. The highest BCUT2D eigenvalue weighted by atomic mass is 35.5. The number of carbonyl (C=O) groups excluding carboxylic acids is 1. The van der Waals surface area contributed by atoms with Crippen molar-refractivity contribution in [3.63, 3.8) is 0 Å². The molecule has 0 spiro atoms. The highest BCUT2D eigenvalue weighted by Gasteiger charge is 2.23.